The van der Waals surface area contributed by atoms with E-state index in [1.54, 1.807) is 25.1 Å². The molecule has 1 amide bonds. The van der Waals surface area contributed by atoms with E-state index < -0.39 is 0 Å². The zero-order valence-electron chi connectivity index (χ0n) is 15.5. The van der Waals surface area contributed by atoms with Crippen molar-refractivity contribution < 1.29 is 4.79 Å². The van der Waals surface area contributed by atoms with Crippen LogP contribution in [0.1, 0.15) is 47.3 Å². The maximum Gasteiger partial charge on any atom is 0.272 e. The van der Waals surface area contributed by atoms with Crippen molar-refractivity contribution in [2.45, 2.75) is 38.8 Å². The van der Waals surface area contributed by atoms with Crippen LogP contribution in [0.4, 0.5) is 0 Å². The molecule has 5 nitrogen and oxygen atoms in total. The molecule has 1 fully saturated rings. The molecule has 0 radical (unpaired) electrons. The number of hydrogen-bond donors (Lipinski definition) is 0. The van der Waals surface area contributed by atoms with Gasteiger partial charge in [-0.15, -0.1) is 0 Å². The Hall–Kier alpha value is -2.27. The predicted octanol–water partition coefficient (Wildman–Crippen LogP) is 3.00. The Balaban J connectivity index is 1.94. The minimum Gasteiger partial charge on any atom is -0.343 e. The van der Waals surface area contributed by atoms with E-state index in [1.807, 2.05) is 13.0 Å². The summed E-state index contributed by atoms with van der Waals surface area (Å²) in [5, 5.41) is 0. The summed E-state index contributed by atoms with van der Waals surface area (Å²) in [6.07, 6.45) is 2.11. The molecule has 0 spiro atoms. The van der Waals surface area contributed by atoms with E-state index >= 15 is 0 Å². The first-order chi connectivity index (χ1) is 11.9. The molecule has 0 aliphatic carbocycles. The lowest BCUT2D eigenvalue weighted by Gasteiger charge is -2.34. The van der Waals surface area contributed by atoms with Gasteiger partial charge in [0, 0.05) is 26.3 Å². The van der Waals surface area contributed by atoms with Gasteiger partial charge in [-0.3, -0.25) is 9.69 Å². The molecule has 0 unspecified atom stereocenters. The van der Waals surface area contributed by atoms with Crippen molar-refractivity contribution in [1.82, 2.24) is 19.8 Å². The largest absolute Gasteiger partial charge is 0.343 e. The van der Waals surface area contributed by atoms with Gasteiger partial charge in [0.15, 0.2) is 0 Å². The molecule has 0 N–H and O–H groups in total. The topological polar surface area (TPSA) is 49.3 Å². The van der Waals surface area contributed by atoms with Gasteiger partial charge in [-0.2, -0.15) is 0 Å². The highest BCUT2D eigenvalue weighted by Crippen LogP contribution is 2.38. The SMILES string of the molecule is Cc1cc(C(=O)N(C)C)nc([C@]2(C)CCCN2Cc2ccccc2)n1. The lowest BCUT2D eigenvalue weighted by Crippen LogP contribution is -2.40. The fourth-order valence-corrected chi connectivity index (χ4v) is 3.48. The molecule has 0 bridgehead atoms. The summed E-state index contributed by atoms with van der Waals surface area (Å²) in [6.45, 7) is 6.00. The first kappa shape index (κ1) is 17.5. The molecule has 1 aliphatic heterocycles. The van der Waals surface area contributed by atoms with Crippen LogP contribution in [-0.2, 0) is 12.1 Å². The van der Waals surface area contributed by atoms with E-state index in [4.69, 9.17) is 4.98 Å². The van der Waals surface area contributed by atoms with Crippen molar-refractivity contribution in [1.29, 1.82) is 0 Å². The van der Waals surface area contributed by atoms with E-state index in [2.05, 4.69) is 41.1 Å². The van der Waals surface area contributed by atoms with Gasteiger partial charge >= 0.3 is 0 Å². The van der Waals surface area contributed by atoms with Gasteiger partial charge in [0.25, 0.3) is 5.91 Å². The van der Waals surface area contributed by atoms with E-state index in [0.717, 1.165) is 37.4 Å². The summed E-state index contributed by atoms with van der Waals surface area (Å²) < 4.78 is 0. The highest BCUT2D eigenvalue weighted by Gasteiger charge is 2.41. The monoisotopic (exact) mass is 338 g/mol. The number of carbonyl (C=O) groups is 1. The van der Waals surface area contributed by atoms with Gasteiger partial charge in [0.1, 0.15) is 11.5 Å². The average molecular weight is 338 g/mol. The molecule has 1 atom stereocenters. The summed E-state index contributed by atoms with van der Waals surface area (Å²) in [5.74, 6) is 0.675. The van der Waals surface area contributed by atoms with Gasteiger partial charge in [-0.1, -0.05) is 30.3 Å². The molecule has 1 aromatic carbocycles. The number of likely N-dealkylation sites (tertiary alicyclic amines) is 1. The van der Waals surface area contributed by atoms with Gasteiger partial charge in [-0.05, 0) is 44.9 Å². The van der Waals surface area contributed by atoms with Crippen molar-refractivity contribution >= 4 is 5.91 Å². The number of hydrogen-bond acceptors (Lipinski definition) is 4. The zero-order chi connectivity index (χ0) is 18.0. The fourth-order valence-electron chi connectivity index (χ4n) is 3.48. The van der Waals surface area contributed by atoms with Crippen molar-refractivity contribution in [2.24, 2.45) is 0 Å². The Kier molecular flexibility index (Phi) is 4.86. The number of benzene rings is 1. The predicted molar refractivity (Wildman–Crippen MR) is 98.2 cm³/mol. The molecule has 1 aromatic heterocycles. The minimum atomic E-state index is -0.247. The standard InChI is InChI=1S/C20H26N4O/c1-15-13-17(18(25)23(3)4)22-19(21-15)20(2)11-8-12-24(20)14-16-9-6-5-7-10-16/h5-7,9-10,13H,8,11-12,14H2,1-4H3/t20-/m0/s1. The minimum absolute atomic E-state index is 0.0806. The number of aryl methyl sites for hydroxylation is 1. The molecule has 2 heterocycles. The van der Waals surface area contributed by atoms with E-state index in [9.17, 15) is 4.79 Å². The molecular formula is C20H26N4O. The average Bonchev–Trinajstić information content (AvgIpc) is 2.96. The molecule has 1 saturated heterocycles. The maximum absolute atomic E-state index is 12.4. The second-order valence-electron chi connectivity index (χ2n) is 7.20. The first-order valence-electron chi connectivity index (χ1n) is 8.77. The lowest BCUT2D eigenvalue weighted by atomic mass is 9.96. The van der Waals surface area contributed by atoms with Crippen molar-refractivity contribution in [3.05, 3.63) is 59.2 Å². The summed E-state index contributed by atoms with van der Waals surface area (Å²) in [6, 6.07) is 12.2. The molecule has 0 saturated carbocycles. The van der Waals surface area contributed by atoms with Gasteiger partial charge in [0.05, 0.1) is 5.54 Å². The van der Waals surface area contributed by atoms with Crippen LogP contribution in [0, 0.1) is 6.92 Å². The van der Waals surface area contributed by atoms with Gasteiger partial charge in [0.2, 0.25) is 0 Å². The van der Waals surface area contributed by atoms with Crippen LogP contribution in [0.2, 0.25) is 0 Å². The van der Waals surface area contributed by atoms with Crippen LogP contribution in [0.3, 0.4) is 0 Å². The van der Waals surface area contributed by atoms with Crippen molar-refractivity contribution in [3.8, 4) is 0 Å². The summed E-state index contributed by atoms with van der Waals surface area (Å²) >= 11 is 0. The molecule has 3 rings (SSSR count). The van der Waals surface area contributed by atoms with Crippen LogP contribution >= 0.6 is 0 Å². The highest BCUT2D eigenvalue weighted by atomic mass is 16.2. The zero-order valence-corrected chi connectivity index (χ0v) is 15.5. The highest BCUT2D eigenvalue weighted by molar-refractivity contribution is 5.92. The van der Waals surface area contributed by atoms with Crippen LogP contribution in [0.5, 0.6) is 0 Å². The number of nitrogens with zero attached hydrogens (tertiary/aromatic N) is 4. The fraction of sp³-hybridized carbons (Fsp3) is 0.450. The van der Waals surface area contributed by atoms with Gasteiger partial charge < -0.3 is 4.90 Å². The quantitative estimate of drug-likeness (QED) is 0.860. The van der Waals surface area contributed by atoms with Crippen LogP contribution in [0.25, 0.3) is 0 Å². The number of amides is 1. The first-order valence-corrected chi connectivity index (χ1v) is 8.77. The number of rotatable bonds is 4. The Morgan fingerprint density at radius 3 is 2.64 bits per heavy atom. The Bertz CT molecular complexity index is 760. The Labute approximate surface area is 149 Å². The van der Waals surface area contributed by atoms with Crippen molar-refractivity contribution in [2.75, 3.05) is 20.6 Å². The molecule has 25 heavy (non-hydrogen) atoms. The Morgan fingerprint density at radius 1 is 1.24 bits per heavy atom. The maximum atomic E-state index is 12.4. The van der Waals surface area contributed by atoms with Crippen LogP contribution in [-0.4, -0.2) is 46.3 Å². The molecule has 132 valence electrons. The van der Waals surface area contributed by atoms with E-state index in [0.29, 0.717) is 5.69 Å². The molecule has 2 aromatic rings. The normalized spacial score (nSPS) is 20.6. The van der Waals surface area contributed by atoms with Gasteiger partial charge in [-0.25, -0.2) is 9.97 Å². The van der Waals surface area contributed by atoms with Crippen LogP contribution in [0.15, 0.2) is 36.4 Å². The van der Waals surface area contributed by atoms with Crippen molar-refractivity contribution in [3.63, 3.8) is 0 Å². The molecule has 5 heteroatoms. The smallest absolute Gasteiger partial charge is 0.272 e. The van der Waals surface area contributed by atoms with Crippen LogP contribution < -0.4 is 0 Å². The number of carbonyl (C=O) groups excluding carboxylic acids is 1. The summed E-state index contributed by atoms with van der Waals surface area (Å²) in [5.41, 5.74) is 2.35. The summed E-state index contributed by atoms with van der Waals surface area (Å²) in [7, 11) is 3.50. The molecular weight excluding hydrogens is 312 g/mol. The second-order valence-corrected chi connectivity index (χ2v) is 7.20. The third kappa shape index (κ3) is 3.56. The van der Waals surface area contributed by atoms with E-state index in [1.165, 1.54) is 5.56 Å². The molecule has 1 aliphatic rings. The third-order valence-electron chi connectivity index (χ3n) is 4.97. The third-order valence-corrected chi connectivity index (χ3v) is 4.97. The summed E-state index contributed by atoms with van der Waals surface area (Å²) in [4.78, 5) is 25.7. The van der Waals surface area contributed by atoms with E-state index in [-0.39, 0.29) is 11.4 Å². The second kappa shape index (κ2) is 6.92. The Morgan fingerprint density at radius 2 is 1.96 bits per heavy atom. The number of aromatic nitrogens is 2. The lowest BCUT2D eigenvalue weighted by molar-refractivity contribution is 0.0818.